The molecule has 0 saturated carbocycles. The van der Waals surface area contributed by atoms with Crippen molar-refractivity contribution in [3.8, 4) is 0 Å². The Kier molecular flexibility index (Phi) is 3.80. The van der Waals surface area contributed by atoms with Gasteiger partial charge in [-0.3, -0.25) is 4.79 Å². The molecule has 0 fully saturated rings. The van der Waals surface area contributed by atoms with Crippen molar-refractivity contribution < 1.29 is 18.7 Å². The number of carbonyl (C=O) groups excluding carboxylic acids is 2. The lowest BCUT2D eigenvalue weighted by molar-refractivity contribution is 0.0600. The Bertz CT molecular complexity index is 902. The first-order chi connectivity index (χ1) is 11.1. The summed E-state index contributed by atoms with van der Waals surface area (Å²) in [6.07, 6.45) is 0. The van der Waals surface area contributed by atoms with Gasteiger partial charge in [-0.25, -0.2) is 9.18 Å². The molecule has 3 aromatic rings. The van der Waals surface area contributed by atoms with Crippen LogP contribution in [-0.2, 0) is 4.74 Å². The molecule has 3 rings (SSSR count). The minimum atomic E-state index is -0.484. The van der Waals surface area contributed by atoms with E-state index in [0.717, 1.165) is 0 Å². The summed E-state index contributed by atoms with van der Waals surface area (Å²) in [7, 11) is 1.29. The number of hydrogen-bond donors (Lipinski definition) is 2. The van der Waals surface area contributed by atoms with Crippen molar-refractivity contribution in [1.82, 2.24) is 4.98 Å². The molecule has 0 aliphatic rings. The highest BCUT2D eigenvalue weighted by Gasteiger charge is 2.12. The normalized spacial score (nSPS) is 10.5. The number of hydrogen-bond acceptors (Lipinski definition) is 3. The molecule has 1 aromatic heterocycles. The van der Waals surface area contributed by atoms with Crippen LogP contribution >= 0.6 is 0 Å². The highest BCUT2D eigenvalue weighted by Crippen LogP contribution is 2.18. The van der Waals surface area contributed by atoms with E-state index < -0.39 is 5.97 Å². The van der Waals surface area contributed by atoms with Crippen LogP contribution < -0.4 is 5.32 Å². The molecule has 0 aliphatic heterocycles. The van der Waals surface area contributed by atoms with Crippen molar-refractivity contribution in [1.29, 1.82) is 0 Å². The average Bonchev–Trinajstić information content (AvgIpc) is 2.97. The van der Waals surface area contributed by atoms with Crippen molar-refractivity contribution in [3.05, 3.63) is 65.6 Å². The van der Waals surface area contributed by atoms with E-state index in [1.807, 2.05) is 0 Å². The molecule has 0 aliphatic carbocycles. The lowest BCUT2D eigenvalue weighted by Gasteiger charge is -2.05. The van der Waals surface area contributed by atoms with Crippen molar-refractivity contribution in [2.75, 3.05) is 12.4 Å². The number of anilines is 1. The Morgan fingerprint density at radius 3 is 2.74 bits per heavy atom. The number of rotatable bonds is 3. The van der Waals surface area contributed by atoms with Crippen LogP contribution in [0.1, 0.15) is 20.8 Å². The third-order valence-electron chi connectivity index (χ3n) is 3.37. The van der Waals surface area contributed by atoms with Crippen LogP contribution in [0.2, 0.25) is 0 Å². The smallest absolute Gasteiger partial charge is 0.337 e. The third-order valence-corrected chi connectivity index (χ3v) is 3.37. The predicted molar refractivity (Wildman–Crippen MR) is 84.0 cm³/mol. The fourth-order valence-corrected chi connectivity index (χ4v) is 2.27. The van der Waals surface area contributed by atoms with Crippen molar-refractivity contribution in [2.24, 2.45) is 0 Å². The molecule has 116 valence electrons. The van der Waals surface area contributed by atoms with Gasteiger partial charge >= 0.3 is 5.97 Å². The predicted octanol–water partition coefficient (Wildman–Crippen LogP) is 3.35. The van der Waals surface area contributed by atoms with E-state index in [1.165, 1.54) is 25.3 Å². The van der Waals surface area contributed by atoms with Crippen LogP contribution in [0.15, 0.2) is 48.5 Å². The van der Waals surface area contributed by atoms with E-state index in [2.05, 4.69) is 15.0 Å². The van der Waals surface area contributed by atoms with Gasteiger partial charge in [0.1, 0.15) is 11.5 Å². The van der Waals surface area contributed by atoms with Gasteiger partial charge in [-0.1, -0.05) is 6.07 Å². The number of benzene rings is 2. The van der Waals surface area contributed by atoms with E-state index >= 15 is 0 Å². The molecular weight excluding hydrogens is 299 g/mol. The fourth-order valence-electron chi connectivity index (χ4n) is 2.27. The van der Waals surface area contributed by atoms with E-state index in [-0.39, 0.29) is 11.7 Å². The Hall–Kier alpha value is -3.15. The SMILES string of the molecule is COC(=O)c1cccc(NC(=O)c2cc3cc(F)ccc3[nH]2)c1. The van der Waals surface area contributed by atoms with E-state index in [1.54, 1.807) is 30.3 Å². The number of esters is 1. The number of aromatic nitrogens is 1. The molecule has 1 heterocycles. The maximum Gasteiger partial charge on any atom is 0.337 e. The maximum absolute atomic E-state index is 13.2. The van der Waals surface area contributed by atoms with Gasteiger partial charge in [-0.05, 0) is 42.5 Å². The minimum Gasteiger partial charge on any atom is -0.465 e. The zero-order chi connectivity index (χ0) is 16.4. The summed E-state index contributed by atoms with van der Waals surface area (Å²) in [6.45, 7) is 0. The monoisotopic (exact) mass is 312 g/mol. The number of fused-ring (bicyclic) bond motifs is 1. The number of aromatic amines is 1. The summed E-state index contributed by atoms with van der Waals surface area (Å²) in [5.74, 6) is -1.24. The van der Waals surface area contributed by atoms with Gasteiger partial charge in [0.2, 0.25) is 0 Å². The van der Waals surface area contributed by atoms with Crippen LogP contribution in [0.5, 0.6) is 0 Å². The van der Waals surface area contributed by atoms with Gasteiger partial charge in [-0.2, -0.15) is 0 Å². The van der Waals surface area contributed by atoms with Gasteiger partial charge in [-0.15, -0.1) is 0 Å². The minimum absolute atomic E-state index is 0.300. The van der Waals surface area contributed by atoms with Gasteiger partial charge in [0.25, 0.3) is 5.91 Å². The van der Waals surface area contributed by atoms with Crippen molar-refractivity contribution >= 4 is 28.5 Å². The Balaban J connectivity index is 1.84. The molecule has 5 nitrogen and oxygen atoms in total. The largest absolute Gasteiger partial charge is 0.465 e. The summed E-state index contributed by atoms with van der Waals surface area (Å²) in [5.41, 5.74) is 1.76. The van der Waals surface area contributed by atoms with Crippen molar-refractivity contribution in [2.45, 2.75) is 0 Å². The zero-order valence-electron chi connectivity index (χ0n) is 12.2. The number of halogens is 1. The lowest BCUT2D eigenvalue weighted by atomic mass is 10.2. The number of amides is 1. The zero-order valence-corrected chi connectivity index (χ0v) is 12.2. The van der Waals surface area contributed by atoms with Crippen LogP contribution in [0.25, 0.3) is 10.9 Å². The van der Waals surface area contributed by atoms with E-state index in [0.29, 0.717) is 27.8 Å². The first-order valence-electron chi connectivity index (χ1n) is 6.85. The highest BCUT2D eigenvalue weighted by molar-refractivity contribution is 6.06. The molecule has 0 atom stereocenters. The molecule has 0 unspecified atom stereocenters. The quantitative estimate of drug-likeness (QED) is 0.729. The summed E-state index contributed by atoms with van der Waals surface area (Å²) < 4.78 is 17.8. The first-order valence-corrected chi connectivity index (χ1v) is 6.85. The number of methoxy groups -OCH3 is 1. The van der Waals surface area contributed by atoms with Gasteiger partial charge in [0.05, 0.1) is 12.7 Å². The summed E-state index contributed by atoms with van der Waals surface area (Å²) in [6, 6.07) is 12.2. The number of H-pyrrole nitrogens is 1. The second-order valence-corrected chi connectivity index (χ2v) is 4.94. The van der Waals surface area contributed by atoms with Crippen LogP contribution in [0.3, 0.4) is 0 Å². The average molecular weight is 312 g/mol. The topological polar surface area (TPSA) is 71.2 Å². The lowest BCUT2D eigenvalue weighted by Crippen LogP contribution is -2.12. The third kappa shape index (κ3) is 3.06. The van der Waals surface area contributed by atoms with Crippen LogP contribution in [0.4, 0.5) is 10.1 Å². The Morgan fingerprint density at radius 1 is 1.13 bits per heavy atom. The van der Waals surface area contributed by atoms with Gasteiger partial charge in [0.15, 0.2) is 0 Å². The highest BCUT2D eigenvalue weighted by atomic mass is 19.1. The Morgan fingerprint density at radius 2 is 1.96 bits per heavy atom. The Labute approximate surface area is 131 Å². The molecule has 0 saturated heterocycles. The molecule has 0 bridgehead atoms. The van der Waals surface area contributed by atoms with E-state index in [4.69, 9.17) is 0 Å². The molecule has 0 radical (unpaired) electrons. The standard InChI is InChI=1S/C17H13FN2O3/c1-23-17(22)10-3-2-4-13(8-10)19-16(21)15-9-11-7-12(18)5-6-14(11)20-15/h2-9,20H,1H3,(H,19,21). The molecule has 2 N–H and O–H groups in total. The summed E-state index contributed by atoms with van der Waals surface area (Å²) in [5, 5.41) is 3.29. The molecule has 23 heavy (non-hydrogen) atoms. The van der Waals surface area contributed by atoms with E-state index in [9.17, 15) is 14.0 Å². The fraction of sp³-hybridized carbons (Fsp3) is 0.0588. The summed E-state index contributed by atoms with van der Waals surface area (Å²) >= 11 is 0. The maximum atomic E-state index is 13.2. The number of ether oxygens (including phenoxy) is 1. The molecule has 1 amide bonds. The molecule has 6 heteroatoms. The molecule has 0 spiro atoms. The second kappa shape index (κ2) is 5.92. The van der Waals surface area contributed by atoms with Gasteiger partial charge < -0.3 is 15.0 Å². The second-order valence-electron chi connectivity index (χ2n) is 4.94. The molecular formula is C17H13FN2O3. The first kappa shape index (κ1) is 14.8. The molecule has 2 aromatic carbocycles. The van der Waals surface area contributed by atoms with Crippen LogP contribution in [-0.4, -0.2) is 24.0 Å². The van der Waals surface area contributed by atoms with Gasteiger partial charge in [0, 0.05) is 16.6 Å². The summed E-state index contributed by atoms with van der Waals surface area (Å²) in [4.78, 5) is 26.7. The number of carbonyl (C=O) groups is 2. The van der Waals surface area contributed by atoms with Crippen molar-refractivity contribution in [3.63, 3.8) is 0 Å². The van der Waals surface area contributed by atoms with Crippen LogP contribution in [0, 0.1) is 5.82 Å². The number of nitrogens with one attached hydrogen (secondary N) is 2.